The van der Waals surface area contributed by atoms with Crippen molar-refractivity contribution in [3.05, 3.63) is 41.6 Å². The summed E-state index contributed by atoms with van der Waals surface area (Å²) in [4.78, 5) is 13.9. The number of carbonyl (C=O) groups excluding carboxylic acids is 1. The maximum absolute atomic E-state index is 10.8. The molecule has 0 saturated heterocycles. The van der Waals surface area contributed by atoms with Crippen LogP contribution in [0.15, 0.2) is 30.5 Å². The normalized spacial score (nSPS) is 11.3. The van der Waals surface area contributed by atoms with E-state index in [0.29, 0.717) is 5.56 Å². The summed E-state index contributed by atoms with van der Waals surface area (Å²) in [6, 6.07) is 6.03. The molecule has 0 aliphatic rings. The van der Waals surface area contributed by atoms with Crippen LogP contribution in [0.5, 0.6) is 0 Å². The lowest BCUT2D eigenvalue weighted by molar-refractivity contribution is 0.112. The summed E-state index contributed by atoms with van der Waals surface area (Å²) in [5, 5.41) is 4.02. The highest BCUT2D eigenvalue weighted by Crippen LogP contribution is 2.19. The second kappa shape index (κ2) is 4.77. The standard InChI is InChI=1S/C13H14N2O/c1-14-6-2-3-10-4-5-13-12(7-10)11(9-16)8-15-13/h2-5,7-9,14-15H,6H2,1H3. The van der Waals surface area contributed by atoms with Crippen LogP contribution in [-0.2, 0) is 0 Å². The van der Waals surface area contributed by atoms with Gasteiger partial charge in [-0.25, -0.2) is 0 Å². The summed E-state index contributed by atoms with van der Waals surface area (Å²) >= 11 is 0. The van der Waals surface area contributed by atoms with Gasteiger partial charge in [0.15, 0.2) is 6.29 Å². The predicted molar refractivity (Wildman–Crippen MR) is 66.6 cm³/mol. The van der Waals surface area contributed by atoms with Crippen LogP contribution in [0.1, 0.15) is 15.9 Å². The van der Waals surface area contributed by atoms with Gasteiger partial charge in [-0.3, -0.25) is 4.79 Å². The van der Waals surface area contributed by atoms with Gasteiger partial charge in [-0.2, -0.15) is 0 Å². The van der Waals surface area contributed by atoms with Crippen LogP contribution in [0.3, 0.4) is 0 Å². The first kappa shape index (κ1) is 10.6. The largest absolute Gasteiger partial charge is 0.360 e. The molecule has 0 spiro atoms. The molecule has 82 valence electrons. The number of likely N-dealkylation sites (N-methyl/N-ethyl adjacent to an activating group) is 1. The number of carbonyl (C=O) groups is 1. The van der Waals surface area contributed by atoms with E-state index in [1.54, 1.807) is 6.20 Å². The van der Waals surface area contributed by atoms with E-state index in [4.69, 9.17) is 0 Å². The van der Waals surface area contributed by atoms with Crippen LogP contribution in [-0.4, -0.2) is 24.9 Å². The van der Waals surface area contributed by atoms with E-state index >= 15 is 0 Å². The van der Waals surface area contributed by atoms with Gasteiger partial charge in [-0.05, 0) is 24.7 Å². The molecular formula is C13H14N2O. The number of benzene rings is 1. The molecule has 2 rings (SSSR count). The summed E-state index contributed by atoms with van der Waals surface area (Å²) in [6.45, 7) is 0.839. The number of H-pyrrole nitrogens is 1. The summed E-state index contributed by atoms with van der Waals surface area (Å²) in [5.41, 5.74) is 2.80. The summed E-state index contributed by atoms with van der Waals surface area (Å²) in [7, 11) is 1.91. The third-order valence-electron chi connectivity index (χ3n) is 2.50. The molecule has 3 nitrogen and oxygen atoms in total. The number of fused-ring (bicyclic) bond motifs is 1. The highest BCUT2D eigenvalue weighted by molar-refractivity contribution is 5.98. The summed E-state index contributed by atoms with van der Waals surface area (Å²) in [5.74, 6) is 0. The van der Waals surface area contributed by atoms with Crippen molar-refractivity contribution >= 4 is 23.3 Å². The minimum Gasteiger partial charge on any atom is -0.360 e. The SMILES string of the molecule is CNCC=Cc1ccc2[nH]cc(C=O)c2c1. The molecule has 0 bridgehead atoms. The molecule has 0 aliphatic carbocycles. The Balaban J connectivity index is 2.37. The third-order valence-corrected chi connectivity index (χ3v) is 2.50. The van der Waals surface area contributed by atoms with E-state index in [2.05, 4.69) is 16.4 Å². The fourth-order valence-corrected chi connectivity index (χ4v) is 1.67. The first-order valence-electron chi connectivity index (χ1n) is 5.22. The lowest BCUT2D eigenvalue weighted by Crippen LogP contribution is -2.03. The number of nitrogens with one attached hydrogen (secondary N) is 2. The molecule has 0 radical (unpaired) electrons. The Morgan fingerprint density at radius 2 is 2.31 bits per heavy atom. The molecule has 2 N–H and O–H groups in total. The molecule has 1 aromatic carbocycles. The zero-order valence-electron chi connectivity index (χ0n) is 9.16. The van der Waals surface area contributed by atoms with Gasteiger partial charge in [0.1, 0.15) is 0 Å². The maximum Gasteiger partial charge on any atom is 0.152 e. The second-order valence-corrected chi connectivity index (χ2v) is 3.63. The van der Waals surface area contributed by atoms with Crippen molar-refractivity contribution in [2.45, 2.75) is 0 Å². The Bertz CT molecular complexity index is 526. The lowest BCUT2D eigenvalue weighted by Gasteiger charge is -1.95. The van der Waals surface area contributed by atoms with Gasteiger partial charge >= 0.3 is 0 Å². The highest BCUT2D eigenvalue weighted by Gasteiger charge is 2.01. The van der Waals surface area contributed by atoms with Crippen molar-refractivity contribution in [2.24, 2.45) is 0 Å². The third kappa shape index (κ3) is 2.04. The van der Waals surface area contributed by atoms with Crippen molar-refractivity contribution in [3.8, 4) is 0 Å². The van der Waals surface area contributed by atoms with Crippen molar-refractivity contribution in [1.29, 1.82) is 0 Å². The molecule has 0 atom stereocenters. The number of hydrogen-bond acceptors (Lipinski definition) is 2. The molecule has 0 saturated carbocycles. The molecule has 1 aromatic heterocycles. The summed E-state index contributed by atoms with van der Waals surface area (Å²) in [6.07, 6.45) is 6.70. The van der Waals surface area contributed by atoms with Crippen molar-refractivity contribution in [2.75, 3.05) is 13.6 Å². The van der Waals surface area contributed by atoms with Crippen LogP contribution in [0, 0.1) is 0 Å². The van der Waals surface area contributed by atoms with E-state index in [-0.39, 0.29) is 0 Å². The van der Waals surface area contributed by atoms with Gasteiger partial charge in [0.25, 0.3) is 0 Å². The molecular weight excluding hydrogens is 200 g/mol. The van der Waals surface area contributed by atoms with Crippen molar-refractivity contribution < 1.29 is 4.79 Å². The highest BCUT2D eigenvalue weighted by atomic mass is 16.1. The van der Waals surface area contributed by atoms with Crippen LogP contribution < -0.4 is 5.32 Å². The topological polar surface area (TPSA) is 44.9 Å². The minimum atomic E-state index is 0.707. The Morgan fingerprint density at radius 3 is 3.06 bits per heavy atom. The van der Waals surface area contributed by atoms with Gasteiger partial charge in [0.2, 0.25) is 0 Å². The Labute approximate surface area is 94.2 Å². The number of aromatic nitrogens is 1. The van der Waals surface area contributed by atoms with E-state index in [1.807, 2.05) is 31.3 Å². The lowest BCUT2D eigenvalue weighted by atomic mass is 10.1. The van der Waals surface area contributed by atoms with E-state index in [1.165, 1.54) is 0 Å². The Hall–Kier alpha value is -1.87. The molecule has 1 heterocycles. The average molecular weight is 214 g/mol. The molecule has 0 aliphatic heterocycles. The van der Waals surface area contributed by atoms with Gasteiger partial charge in [-0.15, -0.1) is 0 Å². The number of hydrogen-bond donors (Lipinski definition) is 2. The molecule has 3 heteroatoms. The van der Waals surface area contributed by atoms with Crippen molar-refractivity contribution in [3.63, 3.8) is 0 Å². The smallest absolute Gasteiger partial charge is 0.152 e. The first-order chi connectivity index (χ1) is 7.85. The maximum atomic E-state index is 10.8. The number of aldehydes is 1. The fraction of sp³-hybridized carbons (Fsp3) is 0.154. The zero-order chi connectivity index (χ0) is 11.4. The van der Waals surface area contributed by atoms with E-state index < -0.39 is 0 Å². The van der Waals surface area contributed by atoms with Gasteiger partial charge in [0.05, 0.1) is 0 Å². The van der Waals surface area contributed by atoms with Gasteiger partial charge in [-0.1, -0.05) is 18.2 Å². The van der Waals surface area contributed by atoms with E-state index in [9.17, 15) is 4.79 Å². The zero-order valence-corrected chi connectivity index (χ0v) is 9.16. The molecule has 0 unspecified atom stereocenters. The van der Waals surface area contributed by atoms with Crippen LogP contribution in [0.25, 0.3) is 17.0 Å². The molecule has 0 fully saturated rings. The number of rotatable bonds is 4. The summed E-state index contributed by atoms with van der Waals surface area (Å²) < 4.78 is 0. The molecule has 2 aromatic rings. The first-order valence-corrected chi connectivity index (χ1v) is 5.22. The minimum absolute atomic E-state index is 0.707. The van der Waals surface area contributed by atoms with Crippen LogP contribution in [0.4, 0.5) is 0 Å². The average Bonchev–Trinajstić information content (AvgIpc) is 2.71. The van der Waals surface area contributed by atoms with Crippen molar-refractivity contribution in [1.82, 2.24) is 10.3 Å². The molecule has 0 amide bonds. The monoisotopic (exact) mass is 214 g/mol. The quantitative estimate of drug-likeness (QED) is 0.766. The predicted octanol–water partition coefficient (Wildman–Crippen LogP) is 2.21. The van der Waals surface area contributed by atoms with Gasteiger partial charge in [0, 0.05) is 29.2 Å². The molecule has 16 heavy (non-hydrogen) atoms. The Morgan fingerprint density at radius 1 is 1.44 bits per heavy atom. The van der Waals surface area contributed by atoms with E-state index in [0.717, 1.165) is 29.3 Å². The number of aromatic amines is 1. The van der Waals surface area contributed by atoms with Crippen LogP contribution in [0.2, 0.25) is 0 Å². The van der Waals surface area contributed by atoms with Gasteiger partial charge < -0.3 is 10.3 Å². The fourth-order valence-electron chi connectivity index (χ4n) is 1.67. The van der Waals surface area contributed by atoms with Crippen LogP contribution >= 0.6 is 0 Å². The second-order valence-electron chi connectivity index (χ2n) is 3.63. The Kier molecular flexibility index (Phi) is 3.17.